The van der Waals surface area contributed by atoms with Gasteiger partial charge < -0.3 is 15.6 Å². The number of Topliss-reactive ketones (excluding diaryl/α,β-unsaturated/α-hetero) is 1. The van der Waals surface area contributed by atoms with Crippen LogP contribution in [0.5, 0.6) is 0 Å². The average molecular weight is 309 g/mol. The Morgan fingerprint density at radius 3 is 2.87 bits per heavy atom. The summed E-state index contributed by atoms with van der Waals surface area (Å²) in [7, 11) is 0. The molecule has 0 spiro atoms. The first-order valence-corrected chi connectivity index (χ1v) is 7.07. The molecule has 0 aliphatic rings. The van der Waals surface area contributed by atoms with Crippen molar-refractivity contribution in [2.24, 2.45) is 0 Å². The van der Waals surface area contributed by atoms with Crippen LogP contribution >= 0.6 is 0 Å². The van der Waals surface area contributed by atoms with E-state index in [1.807, 2.05) is 12.1 Å². The Labute approximate surface area is 132 Å². The van der Waals surface area contributed by atoms with E-state index in [1.165, 1.54) is 6.92 Å². The molecule has 7 heteroatoms. The van der Waals surface area contributed by atoms with E-state index in [-0.39, 0.29) is 18.4 Å². The first kappa shape index (κ1) is 14.7. The number of nitrogens with zero attached hydrogens (tertiary/aromatic N) is 2. The fraction of sp³-hybridized carbons (Fsp3) is 0.125. The van der Waals surface area contributed by atoms with E-state index in [0.717, 1.165) is 5.52 Å². The molecule has 23 heavy (non-hydrogen) atoms. The second-order valence-corrected chi connectivity index (χ2v) is 5.00. The number of ketones is 1. The summed E-state index contributed by atoms with van der Waals surface area (Å²) in [5.41, 5.74) is 2.53. The molecule has 0 fully saturated rings. The van der Waals surface area contributed by atoms with Crippen LogP contribution in [0.1, 0.15) is 23.1 Å². The molecule has 3 rings (SSSR count). The van der Waals surface area contributed by atoms with E-state index in [0.29, 0.717) is 22.7 Å². The Balaban J connectivity index is 1.61. The molecule has 7 nitrogen and oxygen atoms in total. The topological polar surface area (TPSA) is 99.8 Å². The van der Waals surface area contributed by atoms with Gasteiger partial charge >= 0.3 is 6.03 Å². The summed E-state index contributed by atoms with van der Waals surface area (Å²) in [6, 6.07) is 10.1. The normalized spacial score (nSPS) is 10.5. The Hall–Kier alpha value is -3.22. The van der Waals surface area contributed by atoms with E-state index in [2.05, 4.69) is 25.6 Å². The van der Waals surface area contributed by atoms with Crippen LogP contribution in [0.2, 0.25) is 0 Å². The Morgan fingerprint density at radius 2 is 2.09 bits per heavy atom. The van der Waals surface area contributed by atoms with Gasteiger partial charge in [-0.1, -0.05) is 12.1 Å². The third-order valence-electron chi connectivity index (χ3n) is 3.25. The van der Waals surface area contributed by atoms with Crippen molar-refractivity contribution in [2.75, 3.05) is 5.32 Å². The van der Waals surface area contributed by atoms with Crippen molar-refractivity contribution >= 4 is 28.7 Å². The van der Waals surface area contributed by atoms with E-state index in [4.69, 9.17) is 0 Å². The fourth-order valence-electron chi connectivity index (χ4n) is 2.13. The minimum absolute atomic E-state index is 0.0520. The fourth-order valence-corrected chi connectivity index (χ4v) is 2.13. The molecule has 1 aromatic carbocycles. The highest BCUT2D eigenvalue weighted by molar-refractivity contribution is 5.96. The quantitative estimate of drug-likeness (QED) is 0.645. The van der Waals surface area contributed by atoms with Gasteiger partial charge in [-0.2, -0.15) is 0 Å². The molecule has 0 bridgehead atoms. The monoisotopic (exact) mass is 309 g/mol. The average Bonchev–Trinajstić information content (AvgIpc) is 2.96. The molecule has 2 amide bonds. The SMILES string of the molecule is CC(=O)c1cccc(NC(=O)NCc2nc3ncccc3[nH]2)c1. The van der Waals surface area contributed by atoms with E-state index >= 15 is 0 Å². The van der Waals surface area contributed by atoms with Crippen LogP contribution in [0.25, 0.3) is 11.2 Å². The standard InChI is InChI=1S/C16H15N5O2/c1-10(22)11-4-2-5-12(8-11)19-16(23)18-9-14-20-13-6-3-7-17-15(13)21-14/h2-8H,9H2,1H3,(H,17,20,21)(H2,18,19,23). The maximum atomic E-state index is 11.9. The highest BCUT2D eigenvalue weighted by Gasteiger charge is 2.07. The van der Waals surface area contributed by atoms with Gasteiger partial charge in [-0.25, -0.2) is 14.8 Å². The Bertz CT molecular complexity index is 839. The molecule has 2 aromatic heterocycles. The van der Waals surface area contributed by atoms with Crippen molar-refractivity contribution in [1.29, 1.82) is 0 Å². The zero-order valence-electron chi connectivity index (χ0n) is 12.5. The molecule has 3 aromatic rings. The van der Waals surface area contributed by atoms with Gasteiger partial charge in [-0.3, -0.25) is 4.79 Å². The molecule has 0 aliphatic heterocycles. The van der Waals surface area contributed by atoms with Crippen LogP contribution in [0.3, 0.4) is 0 Å². The minimum Gasteiger partial charge on any atom is -0.339 e. The maximum absolute atomic E-state index is 11.9. The number of urea groups is 1. The zero-order valence-corrected chi connectivity index (χ0v) is 12.5. The number of carbonyl (C=O) groups excluding carboxylic acids is 2. The third-order valence-corrected chi connectivity index (χ3v) is 3.25. The number of aromatic nitrogens is 3. The highest BCUT2D eigenvalue weighted by atomic mass is 16.2. The van der Waals surface area contributed by atoms with Crippen molar-refractivity contribution in [1.82, 2.24) is 20.3 Å². The molecular weight excluding hydrogens is 294 g/mol. The molecule has 0 unspecified atom stereocenters. The second kappa shape index (κ2) is 6.27. The van der Waals surface area contributed by atoms with E-state index in [9.17, 15) is 9.59 Å². The molecular formula is C16H15N5O2. The number of imidazole rings is 1. The van der Waals surface area contributed by atoms with Gasteiger partial charge in [0.05, 0.1) is 12.1 Å². The van der Waals surface area contributed by atoms with Gasteiger partial charge in [0.25, 0.3) is 0 Å². The molecule has 0 aliphatic carbocycles. The molecule has 0 atom stereocenters. The number of carbonyl (C=O) groups is 2. The number of benzene rings is 1. The lowest BCUT2D eigenvalue weighted by atomic mass is 10.1. The number of rotatable bonds is 4. The van der Waals surface area contributed by atoms with Gasteiger partial charge in [0.15, 0.2) is 11.4 Å². The summed E-state index contributed by atoms with van der Waals surface area (Å²) in [5.74, 6) is 0.565. The van der Waals surface area contributed by atoms with Gasteiger partial charge in [-0.15, -0.1) is 0 Å². The smallest absolute Gasteiger partial charge is 0.319 e. The number of amides is 2. The highest BCUT2D eigenvalue weighted by Crippen LogP contribution is 2.11. The lowest BCUT2D eigenvalue weighted by Gasteiger charge is -2.07. The lowest BCUT2D eigenvalue weighted by molar-refractivity contribution is 0.101. The predicted molar refractivity (Wildman–Crippen MR) is 86.2 cm³/mol. The summed E-state index contributed by atoms with van der Waals surface area (Å²) in [6.07, 6.45) is 1.66. The largest absolute Gasteiger partial charge is 0.339 e. The summed E-state index contributed by atoms with van der Waals surface area (Å²) in [6.45, 7) is 1.73. The second-order valence-electron chi connectivity index (χ2n) is 5.00. The van der Waals surface area contributed by atoms with Crippen LogP contribution in [0.4, 0.5) is 10.5 Å². The molecule has 0 saturated heterocycles. The third kappa shape index (κ3) is 3.52. The Kier molecular flexibility index (Phi) is 4.01. The van der Waals surface area contributed by atoms with Gasteiger partial charge in [0.2, 0.25) is 0 Å². The number of fused-ring (bicyclic) bond motifs is 1. The number of hydrogen-bond donors (Lipinski definition) is 3. The van der Waals surface area contributed by atoms with Crippen molar-refractivity contribution in [2.45, 2.75) is 13.5 Å². The Morgan fingerprint density at radius 1 is 1.22 bits per heavy atom. The summed E-state index contributed by atoms with van der Waals surface area (Å²) < 4.78 is 0. The van der Waals surface area contributed by atoms with Gasteiger partial charge in [0.1, 0.15) is 5.82 Å². The van der Waals surface area contributed by atoms with Crippen molar-refractivity contribution in [3.8, 4) is 0 Å². The predicted octanol–water partition coefficient (Wildman–Crippen LogP) is 2.48. The molecule has 0 radical (unpaired) electrons. The number of nitrogens with one attached hydrogen (secondary N) is 3. The van der Waals surface area contributed by atoms with E-state index in [1.54, 1.807) is 30.5 Å². The van der Waals surface area contributed by atoms with Crippen molar-refractivity contribution in [3.05, 3.63) is 54.0 Å². The number of H-pyrrole nitrogens is 1. The van der Waals surface area contributed by atoms with Crippen molar-refractivity contribution < 1.29 is 9.59 Å². The first-order chi connectivity index (χ1) is 11.1. The number of pyridine rings is 1. The number of anilines is 1. The van der Waals surface area contributed by atoms with Crippen molar-refractivity contribution in [3.63, 3.8) is 0 Å². The first-order valence-electron chi connectivity index (χ1n) is 7.07. The zero-order chi connectivity index (χ0) is 16.2. The number of hydrogen-bond acceptors (Lipinski definition) is 4. The van der Waals surface area contributed by atoms with Gasteiger partial charge in [0, 0.05) is 17.4 Å². The molecule has 2 heterocycles. The summed E-state index contributed by atoms with van der Waals surface area (Å²) >= 11 is 0. The summed E-state index contributed by atoms with van der Waals surface area (Å²) in [5, 5.41) is 5.38. The summed E-state index contributed by atoms with van der Waals surface area (Å²) in [4.78, 5) is 34.7. The molecule has 0 saturated carbocycles. The van der Waals surface area contributed by atoms with Crippen LogP contribution in [-0.4, -0.2) is 26.8 Å². The minimum atomic E-state index is -0.376. The lowest BCUT2D eigenvalue weighted by Crippen LogP contribution is -2.28. The van der Waals surface area contributed by atoms with Gasteiger partial charge in [-0.05, 0) is 31.2 Å². The van der Waals surface area contributed by atoms with Crippen LogP contribution in [0, 0.1) is 0 Å². The van der Waals surface area contributed by atoms with Crippen LogP contribution in [0.15, 0.2) is 42.6 Å². The van der Waals surface area contributed by atoms with E-state index < -0.39 is 0 Å². The molecule has 3 N–H and O–H groups in total. The molecule has 116 valence electrons. The van der Waals surface area contributed by atoms with Crippen LogP contribution < -0.4 is 10.6 Å². The maximum Gasteiger partial charge on any atom is 0.319 e. The number of aromatic amines is 1. The van der Waals surface area contributed by atoms with Crippen LogP contribution in [-0.2, 0) is 6.54 Å².